The standard InChI is InChI=1S/C42H26/c1-2-9-27(10-3-1)29-20-21-34-30(25-29)14-7-16-33(34)31-12-6-13-32(26-31)35-23-24-40-41-36-15-5-4-11-28(36)19-22-39(41)38-18-8-17-37(35)42(38)40/h1-26H. The molecular weight excluding hydrogens is 504 g/mol. The maximum atomic E-state index is 2.36. The lowest BCUT2D eigenvalue weighted by Crippen LogP contribution is -1.87. The summed E-state index contributed by atoms with van der Waals surface area (Å²) in [5.74, 6) is 0. The maximum absolute atomic E-state index is 2.36. The second-order valence-electron chi connectivity index (χ2n) is 11.3. The van der Waals surface area contributed by atoms with Gasteiger partial charge in [-0.3, -0.25) is 0 Å². The zero-order valence-electron chi connectivity index (χ0n) is 23.0. The van der Waals surface area contributed by atoms with Crippen molar-refractivity contribution in [3.63, 3.8) is 0 Å². The molecule has 0 unspecified atom stereocenters. The number of fused-ring (bicyclic) bond motifs is 6. The predicted molar refractivity (Wildman–Crippen MR) is 180 cm³/mol. The van der Waals surface area contributed by atoms with Crippen molar-refractivity contribution in [1.29, 1.82) is 0 Å². The zero-order valence-corrected chi connectivity index (χ0v) is 23.0. The Labute approximate surface area is 245 Å². The summed E-state index contributed by atoms with van der Waals surface area (Å²) in [6.07, 6.45) is 0. The third-order valence-electron chi connectivity index (χ3n) is 9.00. The molecule has 0 heterocycles. The highest BCUT2D eigenvalue weighted by Gasteiger charge is 2.24. The van der Waals surface area contributed by atoms with Crippen LogP contribution in [0.4, 0.5) is 0 Å². The van der Waals surface area contributed by atoms with Crippen LogP contribution >= 0.6 is 0 Å². The molecule has 0 radical (unpaired) electrons. The Bertz CT molecular complexity index is 2340. The van der Waals surface area contributed by atoms with E-state index in [1.165, 1.54) is 88.0 Å². The number of hydrogen-bond donors (Lipinski definition) is 0. The fourth-order valence-corrected chi connectivity index (χ4v) is 7.08. The van der Waals surface area contributed by atoms with Crippen LogP contribution < -0.4 is 0 Å². The van der Waals surface area contributed by atoms with Gasteiger partial charge in [0.25, 0.3) is 0 Å². The summed E-state index contributed by atoms with van der Waals surface area (Å²) in [7, 11) is 0. The topological polar surface area (TPSA) is 0 Å². The van der Waals surface area contributed by atoms with Crippen molar-refractivity contribution in [3.8, 4) is 55.6 Å². The van der Waals surface area contributed by atoms with Gasteiger partial charge in [-0.05, 0) is 100 Å². The molecule has 0 heteroatoms. The summed E-state index contributed by atoms with van der Waals surface area (Å²) in [4.78, 5) is 0. The number of hydrogen-bond acceptors (Lipinski definition) is 0. The van der Waals surface area contributed by atoms with Crippen molar-refractivity contribution in [1.82, 2.24) is 0 Å². The van der Waals surface area contributed by atoms with Crippen LogP contribution in [0.3, 0.4) is 0 Å². The molecule has 1 aliphatic rings. The first kappa shape index (κ1) is 23.3. The molecule has 0 saturated heterocycles. The fourth-order valence-electron chi connectivity index (χ4n) is 7.08. The molecule has 0 aliphatic heterocycles. The van der Waals surface area contributed by atoms with Gasteiger partial charge in [-0.1, -0.05) is 146 Å². The average molecular weight is 531 g/mol. The minimum absolute atomic E-state index is 1.24. The van der Waals surface area contributed by atoms with E-state index in [9.17, 15) is 0 Å². The van der Waals surface area contributed by atoms with Gasteiger partial charge in [0.15, 0.2) is 0 Å². The molecule has 1 aliphatic carbocycles. The zero-order chi connectivity index (χ0) is 27.6. The van der Waals surface area contributed by atoms with Crippen molar-refractivity contribution in [2.75, 3.05) is 0 Å². The Morgan fingerprint density at radius 3 is 1.81 bits per heavy atom. The summed E-state index contributed by atoms with van der Waals surface area (Å²) in [6, 6.07) is 57.9. The van der Waals surface area contributed by atoms with Gasteiger partial charge in [-0.15, -0.1) is 0 Å². The van der Waals surface area contributed by atoms with Crippen LogP contribution in [0.5, 0.6) is 0 Å². The first-order valence-corrected chi connectivity index (χ1v) is 14.6. The largest absolute Gasteiger partial charge is 0.0622 e. The van der Waals surface area contributed by atoms with Gasteiger partial charge in [0.05, 0.1) is 0 Å². The van der Waals surface area contributed by atoms with Crippen LogP contribution in [0.15, 0.2) is 158 Å². The molecule has 0 atom stereocenters. The third kappa shape index (κ3) is 3.42. The lowest BCUT2D eigenvalue weighted by Gasteiger charge is -2.13. The molecule has 8 aromatic rings. The molecule has 0 bridgehead atoms. The smallest absolute Gasteiger partial charge is 0.00199 e. The summed E-state index contributed by atoms with van der Waals surface area (Å²) in [5, 5.41) is 7.83. The molecule has 0 nitrogen and oxygen atoms in total. The van der Waals surface area contributed by atoms with E-state index < -0.39 is 0 Å². The second kappa shape index (κ2) is 9.03. The molecule has 0 amide bonds. The molecule has 0 N–H and O–H groups in total. The SMILES string of the molecule is c1ccc(-c2ccc3c(-c4cccc(-c5ccc6c7c(cccc57)-c5ccc7ccccc7c5-6)c4)cccc3c2)cc1. The van der Waals surface area contributed by atoms with Crippen LogP contribution in [-0.2, 0) is 0 Å². The molecule has 8 aromatic carbocycles. The van der Waals surface area contributed by atoms with Gasteiger partial charge < -0.3 is 0 Å². The molecule has 9 rings (SSSR count). The maximum Gasteiger partial charge on any atom is -0.00199 e. The quantitative estimate of drug-likeness (QED) is 0.213. The molecule has 194 valence electrons. The first-order chi connectivity index (χ1) is 20.8. The highest BCUT2D eigenvalue weighted by atomic mass is 14.3. The van der Waals surface area contributed by atoms with Crippen molar-refractivity contribution >= 4 is 32.3 Å². The Morgan fingerprint density at radius 2 is 0.905 bits per heavy atom. The van der Waals surface area contributed by atoms with Crippen LogP contribution in [0.1, 0.15) is 0 Å². The van der Waals surface area contributed by atoms with Crippen molar-refractivity contribution in [2.24, 2.45) is 0 Å². The van der Waals surface area contributed by atoms with Crippen molar-refractivity contribution in [3.05, 3.63) is 158 Å². The highest BCUT2D eigenvalue weighted by Crippen LogP contribution is 2.51. The minimum atomic E-state index is 1.24. The van der Waals surface area contributed by atoms with Crippen LogP contribution in [0, 0.1) is 0 Å². The van der Waals surface area contributed by atoms with E-state index in [4.69, 9.17) is 0 Å². The van der Waals surface area contributed by atoms with Crippen LogP contribution in [-0.4, -0.2) is 0 Å². The van der Waals surface area contributed by atoms with Crippen molar-refractivity contribution < 1.29 is 0 Å². The van der Waals surface area contributed by atoms with E-state index in [1.54, 1.807) is 0 Å². The number of rotatable bonds is 3. The average Bonchev–Trinajstić information content (AvgIpc) is 3.40. The van der Waals surface area contributed by atoms with Crippen molar-refractivity contribution in [2.45, 2.75) is 0 Å². The molecule has 42 heavy (non-hydrogen) atoms. The highest BCUT2D eigenvalue weighted by molar-refractivity contribution is 6.23. The van der Waals surface area contributed by atoms with E-state index in [0.29, 0.717) is 0 Å². The van der Waals surface area contributed by atoms with Gasteiger partial charge in [-0.25, -0.2) is 0 Å². The summed E-state index contributed by atoms with van der Waals surface area (Å²) in [5.41, 5.74) is 12.9. The normalized spacial score (nSPS) is 11.8. The monoisotopic (exact) mass is 530 g/mol. The van der Waals surface area contributed by atoms with Gasteiger partial charge >= 0.3 is 0 Å². The molecule has 0 fully saturated rings. The van der Waals surface area contributed by atoms with Crippen LogP contribution in [0.25, 0.3) is 88.0 Å². The molecule has 0 saturated carbocycles. The van der Waals surface area contributed by atoms with E-state index >= 15 is 0 Å². The van der Waals surface area contributed by atoms with E-state index in [2.05, 4.69) is 158 Å². The third-order valence-corrected chi connectivity index (χ3v) is 9.00. The summed E-state index contributed by atoms with van der Waals surface area (Å²) < 4.78 is 0. The van der Waals surface area contributed by atoms with Gasteiger partial charge in [0, 0.05) is 0 Å². The van der Waals surface area contributed by atoms with Crippen LogP contribution in [0.2, 0.25) is 0 Å². The Morgan fingerprint density at radius 1 is 0.262 bits per heavy atom. The first-order valence-electron chi connectivity index (χ1n) is 14.6. The molecule has 0 aromatic heterocycles. The molecule has 0 spiro atoms. The molecular formula is C42H26. The van der Waals surface area contributed by atoms with Gasteiger partial charge in [0.1, 0.15) is 0 Å². The van der Waals surface area contributed by atoms with E-state index in [0.717, 1.165) is 0 Å². The lowest BCUT2D eigenvalue weighted by molar-refractivity contribution is 1.62. The lowest BCUT2D eigenvalue weighted by atomic mass is 9.91. The predicted octanol–water partition coefficient (Wildman–Crippen LogP) is 11.8. The Kier molecular flexibility index (Phi) is 5.00. The fraction of sp³-hybridized carbons (Fsp3) is 0. The Hall–Kier alpha value is -5.46. The second-order valence-corrected chi connectivity index (χ2v) is 11.3. The van der Waals surface area contributed by atoms with E-state index in [1.807, 2.05) is 0 Å². The minimum Gasteiger partial charge on any atom is -0.0622 e. The van der Waals surface area contributed by atoms with Gasteiger partial charge in [-0.2, -0.15) is 0 Å². The van der Waals surface area contributed by atoms with Gasteiger partial charge in [0.2, 0.25) is 0 Å². The Balaban J connectivity index is 1.19. The van der Waals surface area contributed by atoms with E-state index in [-0.39, 0.29) is 0 Å². The summed E-state index contributed by atoms with van der Waals surface area (Å²) in [6.45, 7) is 0. The summed E-state index contributed by atoms with van der Waals surface area (Å²) >= 11 is 0. The number of benzene rings is 8.